The maximum Gasteiger partial charge on any atom is 0.350 e. The first-order valence-corrected chi connectivity index (χ1v) is 16.6. The number of fused-ring (bicyclic) bond motifs is 1. The van der Waals surface area contributed by atoms with Crippen LogP contribution in [0.5, 0.6) is 11.5 Å². The van der Waals surface area contributed by atoms with Crippen LogP contribution in [-0.4, -0.2) is 40.6 Å². The van der Waals surface area contributed by atoms with Crippen molar-refractivity contribution in [2.45, 2.75) is 59.4 Å². The minimum absolute atomic E-state index is 0.0631. The monoisotopic (exact) mass is 598 g/mol. The molecule has 1 aliphatic rings. The van der Waals surface area contributed by atoms with Crippen molar-refractivity contribution in [3.63, 3.8) is 0 Å². The van der Waals surface area contributed by atoms with Gasteiger partial charge in [-0.05, 0) is 61.2 Å². The maximum atomic E-state index is 12.1. The summed E-state index contributed by atoms with van der Waals surface area (Å²) in [6, 6.07) is 22.9. The minimum atomic E-state index is -2.57. The SMILES string of the molecule is COc1c(C)c(OC/C=C(\C)CC/C=C(\C)CO[Si](c2ccccc2)(c2ccccc2)C(C)(C)C)cc2c1C(=O)OC2=O. The highest BCUT2D eigenvalue weighted by atomic mass is 28.4. The molecule has 0 radical (unpaired) electrons. The van der Waals surface area contributed by atoms with E-state index in [1.165, 1.54) is 28.6 Å². The van der Waals surface area contributed by atoms with Gasteiger partial charge in [0.05, 0.1) is 19.3 Å². The van der Waals surface area contributed by atoms with Gasteiger partial charge < -0.3 is 18.6 Å². The highest BCUT2D eigenvalue weighted by molar-refractivity contribution is 6.99. The van der Waals surface area contributed by atoms with Gasteiger partial charge in [0.15, 0.2) is 0 Å². The van der Waals surface area contributed by atoms with Crippen LogP contribution >= 0.6 is 0 Å². The molecule has 7 heteroatoms. The Kier molecular flexibility index (Phi) is 10.1. The Balaban J connectivity index is 1.40. The van der Waals surface area contributed by atoms with Crippen molar-refractivity contribution in [2.24, 2.45) is 0 Å². The van der Waals surface area contributed by atoms with Gasteiger partial charge in [-0.15, -0.1) is 0 Å². The largest absolute Gasteiger partial charge is 0.495 e. The van der Waals surface area contributed by atoms with Gasteiger partial charge in [0.1, 0.15) is 23.7 Å². The van der Waals surface area contributed by atoms with Crippen LogP contribution < -0.4 is 19.8 Å². The molecule has 0 aromatic heterocycles. The highest BCUT2D eigenvalue weighted by Crippen LogP contribution is 2.39. The lowest BCUT2D eigenvalue weighted by Gasteiger charge is -2.43. The molecule has 0 saturated carbocycles. The quantitative estimate of drug-likeness (QED) is 0.0973. The number of ether oxygens (including phenoxy) is 3. The number of cyclic esters (lactones) is 2. The van der Waals surface area contributed by atoms with Crippen LogP contribution in [0.4, 0.5) is 0 Å². The number of esters is 2. The van der Waals surface area contributed by atoms with E-state index < -0.39 is 20.3 Å². The Morgan fingerprint density at radius 3 is 2.05 bits per heavy atom. The first kappa shape index (κ1) is 32.0. The normalized spacial score (nSPS) is 14.0. The lowest BCUT2D eigenvalue weighted by molar-refractivity contribution is 0.0442. The van der Waals surface area contributed by atoms with E-state index in [4.69, 9.17) is 18.6 Å². The summed E-state index contributed by atoms with van der Waals surface area (Å²) in [5.41, 5.74) is 3.38. The topological polar surface area (TPSA) is 71.1 Å². The molecule has 0 N–H and O–H groups in total. The lowest BCUT2D eigenvalue weighted by Crippen LogP contribution is -2.66. The number of methoxy groups -OCH3 is 1. The van der Waals surface area contributed by atoms with Crippen molar-refractivity contribution in [2.75, 3.05) is 20.3 Å². The van der Waals surface area contributed by atoms with Crippen LogP contribution in [-0.2, 0) is 9.16 Å². The zero-order valence-electron chi connectivity index (χ0n) is 26.3. The van der Waals surface area contributed by atoms with E-state index in [1.54, 1.807) is 13.0 Å². The average molecular weight is 599 g/mol. The molecule has 0 aliphatic carbocycles. The molecule has 0 atom stereocenters. The van der Waals surface area contributed by atoms with Gasteiger partial charge >= 0.3 is 11.9 Å². The summed E-state index contributed by atoms with van der Waals surface area (Å²) in [6.45, 7) is 13.8. The zero-order valence-corrected chi connectivity index (χ0v) is 27.3. The molecule has 226 valence electrons. The van der Waals surface area contributed by atoms with Crippen LogP contribution in [0.3, 0.4) is 0 Å². The van der Waals surface area contributed by atoms with Crippen molar-refractivity contribution >= 4 is 30.6 Å². The van der Waals surface area contributed by atoms with Gasteiger partial charge in [-0.2, -0.15) is 0 Å². The minimum Gasteiger partial charge on any atom is -0.495 e. The molecule has 3 aromatic carbocycles. The average Bonchev–Trinajstić information content (AvgIpc) is 3.26. The number of allylic oxidation sites excluding steroid dienone is 2. The molecule has 0 fully saturated rings. The second-order valence-electron chi connectivity index (χ2n) is 12.0. The van der Waals surface area contributed by atoms with Crippen LogP contribution in [0, 0.1) is 6.92 Å². The second-order valence-corrected chi connectivity index (χ2v) is 16.3. The number of benzene rings is 3. The fraction of sp³-hybridized carbons (Fsp3) is 0.333. The number of hydrogen-bond donors (Lipinski definition) is 0. The Labute approximate surface area is 256 Å². The molecule has 3 aromatic rings. The molecule has 43 heavy (non-hydrogen) atoms. The van der Waals surface area contributed by atoms with Gasteiger partial charge in [-0.1, -0.05) is 98.7 Å². The zero-order chi connectivity index (χ0) is 31.2. The molecule has 0 unspecified atom stereocenters. The van der Waals surface area contributed by atoms with E-state index in [2.05, 4.69) is 101 Å². The van der Waals surface area contributed by atoms with E-state index in [1.807, 2.05) is 6.08 Å². The Morgan fingerprint density at radius 2 is 1.49 bits per heavy atom. The number of carbonyl (C=O) groups excluding carboxylic acids is 2. The Bertz CT molecular complexity index is 1480. The predicted octanol–water partition coefficient (Wildman–Crippen LogP) is 6.94. The summed E-state index contributed by atoms with van der Waals surface area (Å²) >= 11 is 0. The van der Waals surface area contributed by atoms with E-state index in [9.17, 15) is 9.59 Å². The van der Waals surface area contributed by atoms with Gasteiger partial charge in [-0.25, -0.2) is 9.59 Å². The van der Waals surface area contributed by atoms with Crippen LogP contribution in [0.15, 0.2) is 90.0 Å². The molecular weight excluding hydrogens is 556 g/mol. The molecule has 0 saturated heterocycles. The summed E-state index contributed by atoms with van der Waals surface area (Å²) in [6.07, 6.45) is 6.06. The Morgan fingerprint density at radius 1 is 0.884 bits per heavy atom. The molecule has 1 aliphatic heterocycles. The molecule has 0 bridgehead atoms. The van der Waals surface area contributed by atoms with E-state index >= 15 is 0 Å². The fourth-order valence-electron chi connectivity index (χ4n) is 5.66. The van der Waals surface area contributed by atoms with Crippen molar-refractivity contribution in [3.05, 3.63) is 107 Å². The third kappa shape index (κ3) is 6.84. The highest BCUT2D eigenvalue weighted by Gasteiger charge is 2.50. The first-order valence-electron chi connectivity index (χ1n) is 14.7. The van der Waals surface area contributed by atoms with Gasteiger partial charge in [0, 0.05) is 5.56 Å². The summed E-state index contributed by atoms with van der Waals surface area (Å²) in [7, 11) is -1.11. The van der Waals surface area contributed by atoms with Crippen LogP contribution in [0.25, 0.3) is 0 Å². The Hall–Kier alpha value is -3.94. The van der Waals surface area contributed by atoms with Crippen LogP contribution in [0.2, 0.25) is 5.04 Å². The lowest BCUT2D eigenvalue weighted by atomic mass is 10.0. The second kappa shape index (κ2) is 13.6. The van der Waals surface area contributed by atoms with Crippen LogP contribution in [0.1, 0.15) is 73.7 Å². The van der Waals surface area contributed by atoms with E-state index in [0.29, 0.717) is 30.3 Å². The predicted molar refractivity (Wildman–Crippen MR) is 173 cm³/mol. The number of hydrogen-bond acceptors (Lipinski definition) is 6. The number of carbonyl (C=O) groups is 2. The van der Waals surface area contributed by atoms with E-state index in [0.717, 1.165) is 12.8 Å². The van der Waals surface area contributed by atoms with Crippen molar-refractivity contribution in [1.82, 2.24) is 0 Å². The van der Waals surface area contributed by atoms with Gasteiger partial charge in [-0.3, -0.25) is 0 Å². The maximum absolute atomic E-state index is 12.1. The van der Waals surface area contributed by atoms with Gasteiger partial charge in [0.25, 0.3) is 8.32 Å². The number of rotatable bonds is 12. The molecule has 4 rings (SSSR count). The molecule has 1 heterocycles. The first-order chi connectivity index (χ1) is 20.5. The summed E-state index contributed by atoms with van der Waals surface area (Å²) < 4.78 is 23.2. The summed E-state index contributed by atoms with van der Waals surface area (Å²) in [5.74, 6) is -0.578. The van der Waals surface area contributed by atoms with Crippen molar-refractivity contribution in [1.29, 1.82) is 0 Å². The third-order valence-corrected chi connectivity index (χ3v) is 12.9. The third-order valence-electron chi connectivity index (χ3n) is 7.93. The molecular formula is C36H42O6Si. The molecule has 0 spiro atoms. The summed E-state index contributed by atoms with van der Waals surface area (Å²) in [5, 5.41) is 2.49. The van der Waals surface area contributed by atoms with E-state index in [-0.39, 0.29) is 16.2 Å². The standard InChI is InChI=1S/C36H42O6Si/c1-25(21-22-40-31-23-30-32(33(39-7)27(31)3)35(38)42-34(30)37)15-14-16-26(2)24-41-43(36(4,5)6,28-17-10-8-11-18-28)29-19-12-9-13-20-29/h8-13,16-21,23H,14-15,22,24H2,1-7H3/b25-21+,26-16+. The molecule has 6 nitrogen and oxygen atoms in total. The molecule has 0 amide bonds. The van der Waals surface area contributed by atoms with Crippen molar-refractivity contribution < 1.29 is 28.2 Å². The fourth-order valence-corrected chi connectivity index (χ4v) is 10.3. The van der Waals surface area contributed by atoms with Gasteiger partial charge in [0.2, 0.25) is 0 Å². The summed E-state index contributed by atoms with van der Waals surface area (Å²) in [4.78, 5) is 24.1. The smallest absolute Gasteiger partial charge is 0.350 e. The van der Waals surface area contributed by atoms with Crippen molar-refractivity contribution in [3.8, 4) is 11.5 Å².